The van der Waals surface area contributed by atoms with Gasteiger partial charge in [0, 0.05) is 26.1 Å². The summed E-state index contributed by atoms with van der Waals surface area (Å²) in [6.07, 6.45) is -0.114. The summed E-state index contributed by atoms with van der Waals surface area (Å²) in [6, 6.07) is 0. The molecular formula is C15H28N2O5. The highest BCUT2D eigenvalue weighted by Gasteiger charge is 2.22. The molecular weight excluding hydrogens is 288 g/mol. The highest BCUT2D eigenvalue weighted by molar-refractivity contribution is 5.69. The lowest BCUT2D eigenvalue weighted by Gasteiger charge is -2.27. The molecule has 0 aliphatic heterocycles. The number of carbonyl (C=O) groups is 3. The van der Waals surface area contributed by atoms with Crippen LogP contribution in [0.2, 0.25) is 0 Å². The minimum Gasteiger partial charge on any atom is -0.444 e. The number of amides is 2. The van der Waals surface area contributed by atoms with Crippen molar-refractivity contribution in [1.29, 1.82) is 0 Å². The van der Waals surface area contributed by atoms with Crippen LogP contribution in [-0.4, -0.2) is 54.2 Å². The number of carbonyl (C=O) groups excluding carboxylic acids is 3. The number of hydrogen-bond acceptors (Lipinski definition) is 5. The molecule has 0 bridgehead atoms. The molecule has 1 N–H and O–H groups in total. The van der Waals surface area contributed by atoms with Gasteiger partial charge in [-0.3, -0.25) is 0 Å². The maximum atomic E-state index is 12.0. The van der Waals surface area contributed by atoms with E-state index < -0.39 is 23.4 Å². The Hall–Kier alpha value is -1.79. The van der Waals surface area contributed by atoms with Gasteiger partial charge in [0.25, 0.3) is 0 Å². The second-order valence-electron chi connectivity index (χ2n) is 6.85. The molecule has 0 atom stereocenters. The van der Waals surface area contributed by atoms with E-state index in [1.807, 2.05) is 0 Å². The van der Waals surface area contributed by atoms with E-state index in [1.54, 1.807) is 41.5 Å². The third kappa shape index (κ3) is 10.9. The normalized spacial score (nSPS) is 11.5. The molecule has 7 nitrogen and oxygen atoms in total. The molecule has 0 aliphatic carbocycles. The SMILES string of the molecule is CC(C)(C)OC(=O)NCCN(CCC=O)C(=O)OC(C)(C)C. The summed E-state index contributed by atoms with van der Waals surface area (Å²) in [4.78, 5) is 35.4. The minimum absolute atomic E-state index is 0.214. The number of alkyl carbamates (subject to hydrolysis) is 1. The lowest BCUT2D eigenvalue weighted by Crippen LogP contribution is -2.43. The van der Waals surface area contributed by atoms with E-state index in [2.05, 4.69) is 5.32 Å². The highest BCUT2D eigenvalue weighted by atomic mass is 16.6. The van der Waals surface area contributed by atoms with Gasteiger partial charge in [-0.05, 0) is 41.5 Å². The zero-order valence-electron chi connectivity index (χ0n) is 14.4. The van der Waals surface area contributed by atoms with Gasteiger partial charge in [0.05, 0.1) is 0 Å². The largest absolute Gasteiger partial charge is 0.444 e. The summed E-state index contributed by atoms with van der Waals surface area (Å²) in [7, 11) is 0. The van der Waals surface area contributed by atoms with E-state index in [0.29, 0.717) is 0 Å². The first-order chi connectivity index (χ1) is 9.94. The molecule has 0 rings (SSSR count). The van der Waals surface area contributed by atoms with Gasteiger partial charge in [0.2, 0.25) is 0 Å². The zero-order chi connectivity index (χ0) is 17.4. The summed E-state index contributed by atoms with van der Waals surface area (Å²) in [5, 5.41) is 2.56. The van der Waals surface area contributed by atoms with Crippen LogP contribution >= 0.6 is 0 Å². The Balaban J connectivity index is 4.39. The van der Waals surface area contributed by atoms with Gasteiger partial charge in [-0.15, -0.1) is 0 Å². The van der Waals surface area contributed by atoms with E-state index in [-0.39, 0.29) is 26.1 Å². The summed E-state index contributed by atoms with van der Waals surface area (Å²) in [5.74, 6) is 0. The van der Waals surface area contributed by atoms with Gasteiger partial charge >= 0.3 is 12.2 Å². The van der Waals surface area contributed by atoms with E-state index in [4.69, 9.17) is 9.47 Å². The fourth-order valence-electron chi connectivity index (χ4n) is 1.44. The summed E-state index contributed by atoms with van der Waals surface area (Å²) in [6.45, 7) is 11.3. The zero-order valence-corrected chi connectivity index (χ0v) is 14.4. The van der Waals surface area contributed by atoms with E-state index in [0.717, 1.165) is 6.29 Å². The van der Waals surface area contributed by atoms with E-state index in [9.17, 15) is 14.4 Å². The van der Waals surface area contributed by atoms with Crippen LogP contribution in [0.5, 0.6) is 0 Å². The smallest absolute Gasteiger partial charge is 0.410 e. The average molecular weight is 316 g/mol. The maximum absolute atomic E-state index is 12.0. The van der Waals surface area contributed by atoms with Gasteiger partial charge in [0.15, 0.2) is 0 Å². The second-order valence-corrected chi connectivity index (χ2v) is 6.85. The predicted molar refractivity (Wildman–Crippen MR) is 82.7 cm³/mol. The Bertz CT molecular complexity index is 382. The average Bonchev–Trinajstić information content (AvgIpc) is 2.28. The minimum atomic E-state index is -0.616. The van der Waals surface area contributed by atoms with E-state index in [1.165, 1.54) is 4.90 Å². The standard InChI is InChI=1S/C15H28N2O5/c1-14(2,3)21-12(19)16-8-10-17(9-7-11-18)13(20)22-15(4,5)6/h11H,7-10H2,1-6H3,(H,16,19). The first-order valence-corrected chi connectivity index (χ1v) is 7.33. The highest BCUT2D eigenvalue weighted by Crippen LogP contribution is 2.10. The molecule has 0 aromatic heterocycles. The number of nitrogens with zero attached hydrogens (tertiary/aromatic N) is 1. The van der Waals surface area contributed by atoms with Gasteiger partial charge in [-0.1, -0.05) is 0 Å². The lowest BCUT2D eigenvalue weighted by atomic mass is 10.2. The van der Waals surface area contributed by atoms with Crippen LogP contribution in [0.3, 0.4) is 0 Å². The van der Waals surface area contributed by atoms with Crippen molar-refractivity contribution in [2.75, 3.05) is 19.6 Å². The van der Waals surface area contributed by atoms with Crippen molar-refractivity contribution < 1.29 is 23.9 Å². The Morgan fingerprint density at radius 2 is 1.55 bits per heavy atom. The molecule has 0 aliphatic rings. The summed E-state index contributed by atoms with van der Waals surface area (Å²) >= 11 is 0. The third-order valence-electron chi connectivity index (χ3n) is 2.22. The first kappa shape index (κ1) is 20.2. The molecule has 0 fully saturated rings. The molecule has 0 aromatic carbocycles. The van der Waals surface area contributed by atoms with Gasteiger partial charge in [-0.2, -0.15) is 0 Å². The molecule has 0 heterocycles. The fourth-order valence-corrected chi connectivity index (χ4v) is 1.44. The Labute approximate surface area is 132 Å². The Kier molecular flexibility index (Phi) is 7.90. The van der Waals surface area contributed by atoms with Gasteiger partial charge < -0.3 is 24.5 Å². The van der Waals surface area contributed by atoms with Crippen LogP contribution < -0.4 is 5.32 Å². The second kappa shape index (κ2) is 8.60. The van der Waals surface area contributed by atoms with Crippen LogP contribution in [-0.2, 0) is 14.3 Å². The molecule has 7 heteroatoms. The number of rotatable bonds is 6. The lowest BCUT2D eigenvalue weighted by molar-refractivity contribution is -0.108. The van der Waals surface area contributed by atoms with E-state index >= 15 is 0 Å². The molecule has 128 valence electrons. The number of ether oxygens (including phenoxy) is 2. The van der Waals surface area contributed by atoms with Crippen LogP contribution in [0.15, 0.2) is 0 Å². The van der Waals surface area contributed by atoms with Crippen molar-refractivity contribution >= 4 is 18.5 Å². The molecule has 2 amide bonds. The molecule has 0 saturated heterocycles. The number of aldehydes is 1. The van der Waals surface area contributed by atoms with Crippen molar-refractivity contribution in [2.24, 2.45) is 0 Å². The fraction of sp³-hybridized carbons (Fsp3) is 0.800. The monoisotopic (exact) mass is 316 g/mol. The van der Waals surface area contributed by atoms with Crippen molar-refractivity contribution in [2.45, 2.75) is 59.2 Å². The molecule has 0 spiro atoms. The molecule has 22 heavy (non-hydrogen) atoms. The number of nitrogens with one attached hydrogen (secondary N) is 1. The summed E-state index contributed by atoms with van der Waals surface area (Å²) < 4.78 is 10.4. The van der Waals surface area contributed by atoms with Crippen LogP contribution in [0.4, 0.5) is 9.59 Å². The van der Waals surface area contributed by atoms with Crippen molar-refractivity contribution in [1.82, 2.24) is 10.2 Å². The van der Waals surface area contributed by atoms with Crippen molar-refractivity contribution in [3.63, 3.8) is 0 Å². The predicted octanol–water partition coefficient (Wildman–Crippen LogP) is 2.34. The third-order valence-corrected chi connectivity index (χ3v) is 2.22. The van der Waals surface area contributed by atoms with Gasteiger partial charge in [-0.25, -0.2) is 9.59 Å². The number of hydrogen-bond donors (Lipinski definition) is 1. The van der Waals surface area contributed by atoms with Crippen LogP contribution in [0, 0.1) is 0 Å². The maximum Gasteiger partial charge on any atom is 0.410 e. The Morgan fingerprint density at radius 1 is 1.00 bits per heavy atom. The van der Waals surface area contributed by atoms with Crippen molar-refractivity contribution in [3.8, 4) is 0 Å². The topological polar surface area (TPSA) is 84.9 Å². The Morgan fingerprint density at radius 3 is 2.00 bits per heavy atom. The van der Waals surface area contributed by atoms with Crippen LogP contribution in [0.25, 0.3) is 0 Å². The quantitative estimate of drug-likeness (QED) is 0.760. The molecule has 0 radical (unpaired) electrons. The molecule has 0 saturated carbocycles. The molecule has 0 unspecified atom stereocenters. The van der Waals surface area contributed by atoms with Crippen molar-refractivity contribution in [3.05, 3.63) is 0 Å². The first-order valence-electron chi connectivity index (χ1n) is 7.33. The van der Waals surface area contributed by atoms with Crippen LogP contribution in [0.1, 0.15) is 48.0 Å². The molecule has 0 aromatic rings. The summed E-state index contributed by atoms with van der Waals surface area (Å²) in [5.41, 5.74) is -1.19. The van der Waals surface area contributed by atoms with Gasteiger partial charge in [0.1, 0.15) is 17.5 Å².